The lowest BCUT2D eigenvalue weighted by Gasteiger charge is -2.21. The van der Waals surface area contributed by atoms with Crippen LogP contribution in [0.1, 0.15) is 32.1 Å². The van der Waals surface area contributed by atoms with Crippen LogP contribution < -0.4 is 0 Å². The lowest BCUT2D eigenvalue weighted by Crippen LogP contribution is -2.18. The second-order valence-corrected chi connectivity index (χ2v) is 4.77. The van der Waals surface area contributed by atoms with E-state index in [0.717, 1.165) is 44.5 Å². The maximum atomic E-state index is 12.7. The van der Waals surface area contributed by atoms with Gasteiger partial charge in [-0.3, -0.25) is 0 Å². The van der Waals surface area contributed by atoms with Gasteiger partial charge in [0.15, 0.2) is 0 Å². The SMILES string of the molecule is FC(F)(F)/C1=C/C=C(/N2CCCC2)CCCC=C1. The van der Waals surface area contributed by atoms with E-state index in [-0.39, 0.29) is 0 Å². The van der Waals surface area contributed by atoms with E-state index >= 15 is 0 Å². The summed E-state index contributed by atoms with van der Waals surface area (Å²) in [5, 5.41) is 0. The molecule has 0 amide bonds. The van der Waals surface area contributed by atoms with Crippen LogP contribution in [0.2, 0.25) is 0 Å². The quantitative estimate of drug-likeness (QED) is 0.680. The van der Waals surface area contributed by atoms with E-state index in [4.69, 9.17) is 0 Å². The van der Waals surface area contributed by atoms with Crippen LogP contribution in [0, 0.1) is 0 Å². The van der Waals surface area contributed by atoms with Crippen molar-refractivity contribution in [3.8, 4) is 0 Å². The van der Waals surface area contributed by atoms with Crippen LogP contribution in [0.5, 0.6) is 0 Å². The summed E-state index contributed by atoms with van der Waals surface area (Å²) in [6.45, 7) is 1.96. The zero-order chi connectivity index (χ0) is 13.0. The summed E-state index contributed by atoms with van der Waals surface area (Å²) in [5.41, 5.74) is 0.499. The van der Waals surface area contributed by atoms with Crippen LogP contribution in [-0.4, -0.2) is 24.2 Å². The van der Waals surface area contributed by atoms with E-state index < -0.39 is 11.7 Å². The second kappa shape index (κ2) is 5.63. The van der Waals surface area contributed by atoms with Crippen molar-refractivity contribution in [2.45, 2.75) is 38.3 Å². The number of halogens is 3. The number of hydrogen-bond donors (Lipinski definition) is 0. The molecule has 0 aromatic rings. The molecule has 0 unspecified atom stereocenters. The third-order valence-electron chi connectivity index (χ3n) is 3.40. The number of hydrogen-bond acceptors (Lipinski definition) is 1. The molecule has 1 heterocycles. The fraction of sp³-hybridized carbons (Fsp3) is 0.571. The Morgan fingerprint density at radius 3 is 2.39 bits per heavy atom. The lowest BCUT2D eigenvalue weighted by atomic mass is 10.1. The molecule has 0 atom stereocenters. The number of rotatable bonds is 1. The Balaban J connectivity index is 2.22. The molecular weight excluding hydrogens is 239 g/mol. The van der Waals surface area contributed by atoms with Gasteiger partial charge in [0.05, 0.1) is 5.57 Å². The summed E-state index contributed by atoms with van der Waals surface area (Å²) in [4.78, 5) is 2.22. The fourth-order valence-corrected chi connectivity index (χ4v) is 2.39. The summed E-state index contributed by atoms with van der Waals surface area (Å²) in [6.07, 6.45) is 6.22. The van der Waals surface area contributed by atoms with Crippen molar-refractivity contribution in [2.75, 3.05) is 13.1 Å². The minimum absolute atomic E-state index is 0.555. The molecular formula is C14H18F3N. The first-order valence-corrected chi connectivity index (χ1v) is 6.47. The highest BCUT2D eigenvalue weighted by molar-refractivity contribution is 5.30. The van der Waals surface area contributed by atoms with Gasteiger partial charge in [-0.05, 0) is 44.3 Å². The van der Waals surface area contributed by atoms with Crippen molar-refractivity contribution in [2.24, 2.45) is 0 Å². The molecule has 1 aliphatic heterocycles. The largest absolute Gasteiger partial charge is 0.416 e. The molecule has 0 bridgehead atoms. The van der Waals surface area contributed by atoms with Crippen LogP contribution in [0.4, 0.5) is 13.2 Å². The van der Waals surface area contributed by atoms with E-state index in [0.29, 0.717) is 6.42 Å². The zero-order valence-corrected chi connectivity index (χ0v) is 10.3. The molecule has 2 aliphatic rings. The van der Waals surface area contributed by atoms with Crippen LogP contribution in [-0.2, 0) is 0 Å². The Morgan fingerprint density at radius 2 is 1.72 bits per heavy atom. The predicted octanol–water partition coefficient (Wildman–Crippen LogP) is 4.19. The van der Waals surface area contributed by atoms with E-state index in [9.17, 15) is 13.2 Å². The molecule has 0 spiro atoms. The van der Waals surface area contributed by atoms with Crippen molar-refractivity contribution >= 4 is 0 Å². The number of allylic oxidation sites excluding steroid dienone is 6. The van der Waals surface area contributed by atoms with Gasteiger partial charge in [-0.15, -0.1) is 0 Å². The van der Waals surface area contributed by atoms with Crippen molar-refractivity contribution in [1.82, 2.24) is 4.90 Å². The maximum Gasteiger partial charge on any atom is 0.416 e. The highest BCUT2D eigenvalue weighted by Gasteiger charge is 2.31. The van der Waals surface area contributed by atoms with Gasteiger partial charge in [0.1, 0.15) is 0 Å². The third kappa shape index (κ3) is 3.40. The van der Waals surface area contributed by atoms with E-state index in [1.807, 2.05) is 0 Å². The molecule has 100 valence electrons. The van der Waals surface area contributed by atoms with Crippen molar-refractivity contribution in [1.29, 1.82) is 0 Å². The van der Waals surface area contributed by atoms with Gasteiger partial charge in [0.2, 0.25) is 0 Å². The van der Waals surface area contributed by atoms with Crippen LogP contribution in [0.25, 0.3) is 0 Å². The monoisotopic (exact) mass is 257 g/mol. The van der Waals surface area contributed by atoms with Gasteiger partial charge in [-0.2, -0.15) is 13.2 Å². The summed E-state index contributed by atoms with van der Waals surface area (Å²) < 4.78 is 38.2. The molecule has 4 heteroatoms. The molecule has 18 heavy (non-hydrogen) atoms. The summed E-state index contributed by atoms with van der Waals surface area (Å²) >= 11 is 0. The molecule has 1 fully saturated rings. The van der Waals surface area contributed by atoms with Gasteiger partial charge < -0.3 is 4.90 Å². The van der Waals surface area contributed by atoms with Crippen molar-refractivity contribution in [3.05, 3.63) is 35.6 Å². The predicted molar refractivity (Wildman–Crippen MR) is 66.0 cm³/mol. The Hall–Kier alpha value is -1.19. The van der Waals surface area contributed by atoms with E-state index in [1.54, 1.807) is 12.2 Å². The van der Waals surface area contributed by atoms with Gasteiger partial charge in [-0.1, -0.05) is 12.2 Å². The Bertz CT molecular complexity index is 371. The van der Waals surface area contributed by atoms with Crippen molar-refractivity contribution in [3.63, 3.8) is 0 Å². The van der Waals surface area contributed by atoms with Crippen LogP contribution in [0.3, 0.4) is 0 Å². The minimum Gasteiger partial charge on any atom is -0.375 e. The first-order valence-electron chi connectivity index (χ1n) is 6.47. The Labute approximate surface area is 106 Å². The van der Waals surface area contributed by atoms with Gasteiger partial charge in [0, 0.05) is 18.8 Å². The van der Waals surface area contributed by atoms with Gasteiger partial charge >= 0.3 is 6.18 Å². The first-order chi connectivity index (χ1) is 8.57. The third-order valence-corrected chi connectivity index (χ3v) is 3.40. The number of nitrogens with zero attached hydrogens (tertiary/aromatic N) is 1. The zero-order valence-electron chi connectivity index (χ0n) is 10.3. The Kier molecular flexibility index (Phi) is 4.15. The number of likely N-dealkylation sites (tertiary alicyclic amines) is 1. The van der Waals surface area contributed by atoms with Gasteiger partial charge in [-0.25, -0.2) is 0 Å². The molecule has 0 aromatic carbocycles. The summed E-state index contributed by atoms with van der Waals surface area (Å²) in [6, 6.07) is 0. The standard InChI is InChI=1S/C14H18F3N/c15-14(16,17)12-6-2-1-3-7-13(9-8-12)18-10-4-5-11-18/h2,6,8-9H,1,3-5,7,10-11H2/b6-2?,12-8+,13-9+. The molecule has 1 nitrogen and oxygen atoms in total. The second-order valence-electron chi connectivity index (χ2n) is 4.77. The average Bonchev–Trinajstić information content (AvgIpc) is 2.84. The van der Waals surface area contributed by atoms with Gasteiger partial charge in [0.25, 0.3) is 0 Å². The molecule has 0 aromatic heterocycles. The van der Waals surface area contributed by atoms with Crippen LogP contribution in [0.15, 0.2) is 35.6 Å². The number of alkyl halides is 3. The summed E-state index contributed by atoms with van der Waals surface area (Å²) in [7, 11) is 0. The maximum absolute atomic E-state index is 12.7. The average molecular weight is 257 g/mol. The molecule has 0 radical (unpaired) electrons. The Morgan fingerprint density at radius 1 is 1.00 bits per heavy atom. The molecule has 2 rings (SSSR count). The van der Waals surface area contributed by atoms with Crippen molar-refractivity contribution < 1.29 is 13.2 Å². The minimum atomic E-state index is -4.26. The molecule has 1 aliphatic carbocycles. The first kappa shape index (κ1) is 13.2. The topological polar surface area (TPSA) is 3.24 Å². The molecule has 0 saturated carbocycles. The fourth-order valence-electron chi connectivity index (χ4n) is 2.39. The lowest BCUT2D eigenvalue weighted by molar-refractivity contribution is -0.0881. The highest BCUT2D eigenvalue weighted by Crippen LogP contribution is 2.29. The summed E-state index contributed by atoms with van der Waals surface area (Å²) in [5.74, 6) is 0. The highest BCUT2D eigenvalue weighted by atomic mass is 19.4. The molecule has 0 N–H and O–H groups in total. The van der Waals surface area contributed by atoms with E-state index in [1.165, 1.54) is 12.2 Å². The van der Waals surface area contributed by atoms with E-state index in [2.05, 4.69) is 4.90 Å². The normalized spacial score (nSPS) is 27.8. The smallest absolute Gasteiger partial charge is 0.375 e. The molecule has 1 saturated heterocycles. The van der Waals surface area contributed by atoms with Crippen LogP contribution >= 0.6 is 0 Å².